The molecule has 0 aliphatic carbocycles. The summed E-state index contributed by atoms with van der Waals surface area (Å²) in [6, 6.07) is 4.06. The summed E-state index contributed by atoms with van der Waals surface area (Å²) in [5, 5.41) is 3.34. The van der Waals surface area contributed by atoms with Crippen LogP contribution >= 0.6 is 0 Å². The van der Waals surface area contributed by atoms with Gasteiger partial charge in [-0.25, -0.2) is 0 Å². The zero-order chi connectivity index (χ0) is 12.0. The number of nitrogens with two attached hydrogens (primary N) is 1. The fourth-order valence-electron chi connectivity index (χ4n) is 1.57. The summed E-state index contributed by atoms with van der Waals surface area (Å²) in [7, 11) is 0. The van der Waals surface area contributed by atoms with Gasteiger partial charge in [0.15, 0.2) is 0 Å². The van der Waals surface area contributed by atoms with Gasteiger partial charge in [0.25, 0.3) is 0 Å². The molecular weight excluding hydrogens is 202 g/mol. The molecule has 0 aliphatic rings. The van der Waals surface area contributed by atoms with Crippen LogP contribution in [0.1, 0.15) is 26.0 Å². The molecule has 0 aromatic carbocycles. The van der Waals surface area contributed by atoms with Crippen molar-refractivity contribution in [2.75, 3.05) is 6.54 Å². The fourth-order valence-corrected chi connectivity index (χ4v) is 1.57. The van der Waals surface area contributed by atoms with E-state index in [0.717, 1.165) is 19.5 Å². The molecule has 0 saturated carbocycles. The van der Waals surface area contributed by atoms with Crippen LogP contribution in [0, 0.1) is 5.92 Å². The molecule has 0 aliphatic heterocycles. The Hall–Kier alpha value is -1.29. The van der Waals surface area contributed by atoms with Gasteiger partial charge in [-0.3, -0.25) is 4.79 Å². The molecular formula is C12H21N3O. The van der Waals surface area contributed by atoms with Gasteiger partial charge in [-0.2, -0.15) is 0 Å². The van der Waals surface area contributed by atoms with Crippen LogP contribution in [0.2, 0.25) is 0 Å². The van der Waals surface area contributed by atoms with Crippen molar-refractivity contribution < 1.29 is 4.79 Å². The quantitative estimate of drug-likeness (QED) is 0.680. The Morgan fingerprint density at radius 2 is 2.38 bits per heavy atom. The van der Waals surface area contributed by atoms with Gasteiger partial charge < -0.3 is 15.6 Å². The van der Waals surface area contributed by atoms with Gasteiger partial charge in [-0.15, -0.1) is 0 Å². The van der Waals surface area contributed by atoms with Crippen LogP contribution in [0.15, 0.2) is 18.3 Å². The van der Waals surface area contributed by atoms with Crippen LogP contribution in [0.4, 0.5) is 0 Å². The van der Waals surface area contributed by atoms with Crippen molar-refractivity contribution >= 4 is 5.91 Å². The molecule has 16 heavy (non-hydrogen) atoms. The topological polar surface area (TPSA) is 60.1 Å². The van der Waals surface area contributed by atoms with Crippen LogP contribution in [-0.2, 0) is 17.9 Å². The summed E-state index contributed by atoms with van der Waals surface area (Å²) in [4.78, 5) is 11.0. The van der Waals surface area contributed by atoms with Crippen molar-refractivity contribution in [1.82, 2.24) is 9.88 Å². The number of nitrogens with one attached hydrogen (secondary N) is 1. The lowest BCUT2D eigenvalue weighted by Crippen LogP contribution is -2.26. The number of amides is 1. The molecule has 0 spiro atoms. The average Bonchev–Trinajstić information content (AvgIpc) is 2.66. The van der Waals surface area contributed by atoms with E-state index in [1.807, 2.05) is 19.2 Å². The lowest BCUT2D eigenvalue weighted by atomic mass is 10.1. The first-order valence-corrected chi connectivity index (χ1v) is 5.79. The maximum Gasteiger partial charge on any atom is 0.222 e. The Labute approximate surface area is 96.8 Å². The smallest absolute Gasteiger partial charge is 0.222 e. The second-order valence-corrected chi connectivity index (χ2v) is 4.13. The van der Waals surface area contributed by atoms with Gasteiger partial charge in [0, 0.05) is 25.0 Å². The minimum Gasteiger partial charge on any atom is -0.369 e. The van der Waals surface area contributed by atoms with E-state index in [-0.39, 0.29) is 11.8 Å². The molecule has 4 nitrogen and oxygen atoms in total. The maximum atomic E-state index is 11.0. The third-order valence-electron chi connectivity index (χ3n) is 2.61. The molecule has 1 heterocycles. The molecule has 1 unspecified atom stereocenters. The molecule has 0 radical (unpaired) electrons. The summed E-state index contributed by atoms with van der Waals surface area (Å²) >= 11 is 0. The SMILES string of the molecule is CCCNCc1cccn1CC(C)C(N)=O. The largest absolute Gasteiger partial charge is 0.369 e. The standard InChI is InChI=1S/C12H21N3O/c1-3-6-14-8-11-5-4-7-15(11)9-10(2)12(13)16/h4-5,7,10,14H,3,6,8-9H2,1-2H3,(H2,13,16). The molecule has 1 rings (SSSR count). The maximum absolute atomic E-state index is 11.0. The Kier molecular flexibility index (Phi) is 5.05. The van der Waals surface area contributed by atoms with E-state index in [4.69, 9.17) is 5.73 Å². The van der Waals surface area contributed by atoms with Crippen LogP contribution in [0.3, 0.4) is 0 Å². The minimum absolute atomic E-state index is 0.127. The number of carbonyl (C=O) groups is 1. The van der Waals surface area contributed by atoms with Crippen LogP contribution in [-0.4, -0.2) is 17.0 Å². The number of hydrogen-bond donors (Lipinski definition) is 2. The number of carbonyl (C=O) groups excluding carboxylic acids is 1. The van der Waals surface area contributed by atoms with E-state index >= 15 is 0 Å². The molecule has 90 valence electrons. The molecule has 0 fully saturated rings. The Morgan fingerprint density at radius 3 is 3.00 bits per heavy atom. The highest BCUT2D eigenvalue weighted by atomic mass is 16.1. The average molecular weight is 223 g/mol. The normalized spacial score (nSPS) is 12.6. The first kappa shape index (κ1) is 12.8. The number of primary amides is 1. The molecule has 1 aromatic rings. The van der Waals surface area contributed by atoms with Crippen molar-refractivity contribution in [3.8, 4) is 0 Å². The van der Waals surface area contributed by atoms with E-state index in [1.165, 1.54) is 5.69 Å². The molecule has 1 aromatic heterocycles. The van der Waals surface area contributed by atoms with Gasteiger partial charge >= 0.3 is 0 Å². The van der Waals surface area contributed by atoms with Crippen molar-refractivity contribution in [3.63, 3.8) is 0 Å². The number of rotatable bonds is 7. The second kappa shape index (κ2) is 6.33. The molecule has 1 atom stereocenters. The molecule has 4 heteroatoms. The van der Waals surface area contributed by atoms with Crippen LogP contribution < -0.4 is 11.1 Å². The van der Waals surface area contributed by atoms with E-state index < -0.39 is 0 Å². The Morgan fingerprint density at radius 1 is 1.62 bits per heavy atom. The van der Waals surface area contributed by atoms with Gasteiger partial charge in [0.2, 0.25) is 5.91 Å². The van der Waals surface area contributed by atoms with E-state index in [9.17, 15) is 4.79 Å². The summed E-state index contributed by atoms with van der Waals surface area (Å²) in [6.45, 7) is 6.50. The summed E-state index contributed by atoms with van der Waals surface area (Å²) in [5.74, 6) is -0.376. The number of aromatic nitrogens is 1. The third-order valence-corrected chi connectivity index (χ3v) is 2.61. The number of hydrogen-bond acceptors (Lipinski definition) is 2. The van der Waals surface area contributed by atoms with Crippen molar-refractivity contribution in [2.45, 2.75) is 33.4 Å². The van der Waals surface area contributed by atoms with Gasteiger partial charge in [0.05, 0.1) is 5.92 Å². The highest BCUT2D eigenvalue weighted by Gasteiger charge is 2.10. The van der Waals surface area contributed by atoms with Gasteiger partial charge in [-0.05, 0) is 25.1 Å². The van der Waals surface area contributed by atoms with Gasteiger partial charge in [-0.1, -0.05) is 13.8 Å². The number of nitrogens with zero attached hydrogens (tertiary/aromatic N) is 1. The van der Waals surface area contributed by atoms with E-state index in [2.05, 4.69) is 22.9 Å². The highest BCUT2D eigenvalue weighted by Crippen LogP contribution is 2.06. The van der Waals surface area contributed by atoms with E-state index in [0.29, 0.717) is 6.54 Å². The lowest BCUT2D eigenvalue weighted by Gasteiger charge is -2.13. The van der Waals surface area contributed by atoms with Crippen molar-refractivity contribution in [2.24, 2.45) is 11.7 Å². The predicted octanol–water partition coefficient (Wildman–Crippen LogP) is 1.11. The third kappa shape index (κ3) is 3.70. The first-order chi connectivity index (χ1) is 7.65. The summed E-state index contributed by atoms with van der Waals surface area (Å²) in [5.41, 5.74) is 6.45. The monoisotopic (exact) mass is 223 g/mol. The van der Waals surface area contributed by atoms with Gasteiger partial charge in [0.1, 0.15) is 0 Å². The zero-order valence-electron chi connectivity index (χ0n) is 10.1. The first-order valence-electron chi connectivity index (χ1n) is 5.79. The zero-order valence-corrected chi connectivity index (χ0v) is 10.1. The summed E-state index contributed by atoms with van der Waals surface area (Å²) < 4.78 is 2.08. The van der Waals surface area contributed by atoms with Crippen molar-refractivity contribution in [1.29, 1.82) is 0 Å². The lowest BCUT2D eigenvalue weighted by molar-refractivity contribution is -0.121. The van der Waals surface area contributed by atoms with Crippen LogP contribution in [0.25, 0.3) is 0 Å². The van der Waals surface area contributed by atoms with Crippen LogP contribution in [0.5, 0.6) is 0 Å². The fraction of sp³-hybridized carbons (Fsp3) is 0.583. The minimum atomic E-state index is -0.249. The second-order valence-electron chi connectivity index (χ2n) is 4.13. The molecule has 1 amide bonds. The van der Waals surface area contributed by atoms with Crippen molar-refractivity contribution in [3.05, 3.63) is 24.0 Å². The predicted molar refractivity (Wildman–Crippen MR) is 64.8 cm³/mol. The summed E-state index contributed by atoms with van der Waals surface area (Å²) in [6.07, 6.45) is 3.11. The molecule has 0 saturated heterocycles. The van der Waals surface area contributed by atoms with E-state index in [1.54, 1.807) is 0 Å². The molecule has 0 bridgehead atoms. The Balaban J connectivity index is 2.53. The molecule has 3 N–H and O–H groups in total. The Bertz CT molecular complexity index is 333. The highest BCUT2D eigenvalue weighted by molar-refractivity contribution is 5.76.